The van der Waals surface area contributed by atoms with Crippen molar-refractivity contribution in [3.63, 3.8) is 0 Å². The van der Waals surface area contributed by atoms with Crippen LogP contribution in [0, 0.1) is 5.92 Å². The summed E-state index contributed by atoms with van der Waals surface area (Å²) in [4.78, 5) is 4.76. The predicted molar refractivity (Wildman–Crippen MR) is 36.7 cm³/mol. The molecule has 54 valence electrons. The van der Waals surface area contributed by atoms with Gasteiger partial charge in [0.1, 0.15) is 0 Å². The van der Waals surface area contributed by atoms with Crippen molar-refractivity contribution < 1.29 is 4.84 Å². The van der Waals surface area contributed by atoms with E-state index < -0.39 is 0 Å². The van der Waals surface area contributed by atoms with Crippen LogP contribution in [0.25, 0.3) is 0 Å². The van der Waals surface area contributed by atoms with Gasteiger partial charge in [-0.25, -0.2) is 5.90 Å². The van der Waals surface area contributed by atoms with Gasteiger partial charge in [-0.3, -0.25) is 0 Å². The Hall–Kier alpha value is -0.0800. The number of rotatable bonds is 1. The van der Waals surface area contributed by atoms with E-state index in [0.29, 0.717) is 6.10 Å². The Kier molecular flexibility index (Phi) is 2.49. The molecule has 2 nitrogen and oxygen atoms in total. The van der Waals surface area contributed by atoms with E-state index in [1.54, 1.807) is 0 Å². The molecule has 0 aromatic heterocycles. The van der Waals surface area contributed by atoms with E-state index in [4.69, 9.17) is 10.7 Å². The molecule has 0 saturated heterocycles. The standard InChI is InChI=1S/C7H15NO/c1-6-3-2-4-7(5-6)9-8/h6-7H,2-5,8H2,1H3. The monoisotopic (exact) mass is 129 g/mol. The van der Waals surface area contributed by atoms with Gasteiger partial charge in [0.15, 0.2) is 0 Å². The zero-order chi connectivity index (χ0) is 6.69. The Morgan fingerprint density at radius 3 is 2.67 bits per heavy atom. The Bertz CT molecular complexity index is 85.0. The quantitative estimate of drug-likeness (QED) is 0.544. The van der Waals surface area contributed by atoms with Crippen LogP contribution in [0.15, 0.2) is 0 Å². The summed E-state index contributed by atoms with van der Waals surface area (Å²) in [6.07, 6.45) is 5.27. The molecule has 0 heterocycles. The van der Waals surface area contributed by atoms with Crippen LogP contribution in [0.2, 0.25) is 0 Å². The molecule has 0 bridgehead atoms. The molecule has 0 radical (unpaired) electrons. The van der Waals surface area contributed by atoms with Crippen LogP contribution >= 0.6 is 0 Å². The molecule has 0 spiro atoms. The Morgan fingerprint density at radius 2 is 2.22 bits per heavy atom. The van der Waals surface area contributed by atoms with Crippen molar-refractivity contribution in [1.82, 2.24) is 0 Å². The van der Waals surface area contributed by atoms with E-state index in [2.05, 4.69) is 6.92 Å². The van der Waals surface area contributed by atoms with Crippen LogP contribution in [0.5, 0.6) is 0 Å². The summed E-state index contributed by atoms with van der Waals surface area (Å²) >= 11 is 0. The van der Waals surface area contributed by atoms with Crippen LogP contribution in [0.3, 0.4) is 0 Å². The third-order valence-corrected chi connectivity index (χ3v) is 2.08. The average molecular weight is 129 g/mol. The fourth-order valence-corrected chi connectivity index (χ4v) is 1.50. The van der Waals surface area contributed by atoms with Crippen LogP contribution in [-0.2, 0) is 4.84 Å². The highest BCUT2D eigenvalue weighted by Gasteiger charge is 2.17. The summed E-state index contributed by atoms with van der Waals surface area (Å²) in [5.41, 5.74) is 0. The second-order valence-corrected chi connectivity index (χ2v) is 3.03. The fourth-order valence-electron chi connectivity index (χ4n) is 1.50. The average Bonchev–Trinajstić information content (AvgIpc) is 1.88. The second-order valence-electron chi connectivity index (χ2n) is 3.03. The minimum Gasteiger partial charge on any atom is -0.301 e. The maximum atomic E-state index is 5.07. The summed E-state index contributed by atoms with van der Waals surface area (Å²) in [6.45, 7) is 2.26. The van der Waals surface area contributed by atoms with E-state index in [1.165, 1.54) is 12.8 Å². The Labute approximate surface area is 56.3 Å². The first-order chi connectivity index (χ1) is 4.33. The second kappa shape index (κ2) is 3.18. The minimum absolute atomic E-state index is 0.341. The molecule has 2 N–H and O–H groups in total. The molecule has 0 amide bonds. The Balaban J connectivity index is 2.23. The topological polar surface area (TPSA) is 35.2 Å². The molecule has 2 unspecified atom stereocenters. The molecule has 0 aromatic carbocycles. The largest absolute Gasteiger partial charge is 0.301 e. The van der Waals surface area contributed by atoms with Crippen molar-refractivity contribution >= 4 is 0 Å². The van der Waals surface area contributed by atoms with Gasteiger partial charge in [-0.2, -0.15) is 0 Å². The minimum atomic E-state index is 0.341. The van der Waals surface area contributed by atoms with Gasteiger partial charge >= 0.3 is 0 Å². The van der Waals surface area contributed by atoms with E-state index in [9.17, 15) is 0 Å². The molecular weight excluding hydrogens is 114 g/mol. The summed E-state index contributed by atoms with van der Waals surface area (Å²) in [7, 11) is 0. The molecule has 1 aliphatic carbocycles. The zero-order valence-corrected chi connectivity index (χ0v) is 5.97. The SMILES string of the molecule is CC1CCCC(ON)C1. The molecular formula is C7H15NO. The highest BCUT2D eigenvalue weighted by molar-refractivity contribution is 4.69. The molecule has 2 heteroatoms. The van der Waals surface area contributed by atoms with E-state index >= 15 is 0 Å². The molecule has 9 heavy (non-hydrogen) atoms. The van der Waals surface area contributed by atoms with Gasteiger partial charge in [0.25, 0.3) is 0 Å². The van der Waals surface area contributed by atoms with E-state index in [1.807, 2.05) is 0 Å². The maximum absolute atomic E-state index is 5.07. The van der Waals surface area contributed by atoms with Gasteiger partial charge in [0.2, 0.25) is 0 Å². The fraction of sp³-hybridized carbons (Fsp3) is 1.00. The number of hydrogen-bond donors (Lipinski definition) is 1. The molecule has 2 atom stereocenters. The first-order valence-corrected chi connectivity index (χ1v) is 3.68. The van der Waals surface area contributed by atoms with Crippen LogP contribution in [-0.4, -0.2) is 6.10 Å². The van der Waals surface area contributed by atoms with Crippen molar-refractivity contribution in [2.24, 2.45) is 11.8 Å². The van der Waals surface area contributed by atoms with Gasteiger partial charge in [-0.05, 0) is 18.8 Å². The van der Waals surface area contributed by atoms with Gasteiger partial charge in [-0.15, -0.1) is 0 Å². The lowest BCUT2D eigenvalue weighted by Crippen LogP contribution is -2.23. The summed E-state index contributed by atoms with van der Waals surface area (Å²) in [5.74, 6) is 5.88. The third-order valence-electron chi connectivity index (χ3n) is 2.08. The van der Waals surface area contributed by atoms with Crippen molar-refractivity contribution in [3.05, 3.63) is 0 Å². The summed E-state index contributed by atoms with van der Waals surface area (Å²) in [6, 6.07) is 0. The molecule has 1 aliphatic rings. The molecule has 1 rings (SSSR count). The van der Waals surface area contributed by atoms with Gasteiger partial charge in [-0.1, -0.05) is 19.8 Å². The Morgan fingerprint density at radius 1 is 1.44 bits per heavy atom. The predicted octanol–water partition coefficient (Wildman–Crippen LogP) is 1.46. The normalized spacial score (nSPS) is 36.7. The molecule has 0 aromatic rings. The maximum Gasteiger partial charge on any atom is 0.0790 e. The molecule has 0 aliphatic heterocycles. The van der Waals surface area contributed by atoms with Gasteiger partial charge < -0.3 is 4.84 Å². The third kappa shape index (κ3) is 1.95. The van der Waals surface area contributed by atoms with Gasteiger partial charge in [0.05, 0.1) is 6.10 Å². The zero-order valence-electron chi connectivity index (χ0n) is 5.97. The summed E-state index contributed by atoms with van der Waals surface area (Å²) in [5, 5.41) is 0. The van der Waals surface area contributed by atoms with Crippen molar-refractivity contribution in [1.29, 1.82) is 0 Å². The van der Waals surface area contributed by atoms with Crippen molar-refractivity contribution in [2.45, 2.75) is 38.7 Å². The lowest BCUT2D eigenvalue weighted by atomic mass is 9.89. The van der Waals surface area contributed by atoms with E-state index in [-0.39, 0.29) is 0 Å². The number of hydrogen-bond acceptors (Lipinski definition) is 2. The molecule has 1 fully saturated rings. The molecule has 1 saturated carbocycles. The first kappa shape index (κ1) is 7.03. The first-order valence-electron chi connectivity index (χ1n) is 3.68. The van der Waals surface area contributed by atoms with Crippen LogP contribution in [0.1, 0.15) is 32.6 Å². The highest BCUT2D eigenvalue weighted by atomic mass is 16.6. The van der Waals surface area contributed by atoms with Gasteiger partial charge in [0, 0.05) is 0 Å². The van der Waals surface area contributed by atoms with Crippen LogP contribution in [0.4, 0.5) is 0 Å². The van der Waals surface area contributed by atoms with Crippen molar-refractivity contribution in [3.8, 4) is 0 Å². The van der Waals surface area contributed by atoms with Crippen molar-refractivity contribution in [2.75, 3.05) is 0 Å². The highest BCUT2D eigenvalue weighted by Crippen LogP contribution is 2.24. The lowest BCUT2D eigenvalue weighted by molar-refractivity contribution is 0.0148. The summed E-state index contributed by atoms with van der Waals surface area (Å²) < 4.78 is 0. The number of nitrogens with two attached hydrogens (primary N) is 1. The van der Waals surface area contributed by atoms with E-state index in [0.717, 1.165) is 18.8 Å². The smallest absolute Gasteiger partial charge is 0.0790 e. The lowest BCUT2D eigenvalue weighted by Gasteiger charge is -2.24. The van der Waals surface area contributed by atoms with Crippen LogP contribution < -0.4 is 5.90 Å².